The SMILES string of the molecule is CCCNC(=O)CNC1=NCCN1. The standard InChI is InChI=1S/C8H16N4O/c1-2-3-9-7(13)6-12-8-10-4-5-11-8/h2-6H2,1H3,(H,9,13)(H2,10,11,12). The number of guanidine groups is 1. The lowest BCUT2D eigenvalue weighted by Gasteiger charge is -2.06. The van der Waals surface area contributed by atoms with Gasteiger partial charge in [-0.15, -0.1) is 0 Å². The van der Waals surface area contributed by atoms with Gasteiger partial charge in [-0.3, -0.25) is 9.79 Å². The van der Waals surface area contributed by atoms with E-state index < -0.39 is 0 Å². The predicted octanol–water partition coefficient (Wildman–Crippen LogP) is -0.939. The van der Waals surface area contributed by atoms with Gasteiger partial charge in [0.25, 0.3) is 0 Å². The maximum absolute atomic E-state index is 11.1. The van der Waals surface area contributed by atoms with Crippen molar-refractivity contribution in [3.63, 3.8) is 0 Å². The largest absolute Gasteiger partial charge is 0.355 e. The van der Waals surface area contributed by atoms with Crippen LogP contribution in [-0.2, 0) is 4.79 Å². The van der Waals surface area contributed by atoms with Gasteiger partial charge in [-0.2, -0.15) is 0 Å². The molecule has 0 aromatic carbocycles. The van der Waals surface area contributed by atoms with Crippen LogP contribution in [0.25, 0.3) is 0 Å². The highest BCUT2D eigenvalue weighted by Crippen LogP contribution is 1.80. The van der Waals surface area contributed by atoms with Gasteiger partial charge in [-0.05, 0) is 6.42 Å². The van der Waals surface area contributed by atoms with Crippen molar-refractivity contribution in [1.29, 1.82) is 0 Å². The van der Waals surface area contributed by atoms with E-state index in [2.05, 4.69) is 20.9 Å². The van der Waals surface area contributed by atoms with Crippen LogP contribution in [0.4, 0.5) is 0 Å². The molecule has 0 aromatic rings. The van der Waals surface area contributed by atoms with Gasteiger partial charge in [0.05, 0.1) is 13.1 Å². The summed E-state index contributed by atoms with van der Waals surface area (Å²) in [4.78, 5) is 15.2. The average molecular weight is 184 g/mol. The molecule has 0 bridgehead atoms. The third kappa shape index (κ3) is 3.78. The molecule has 1 heterocycles. The predicted molar refractivity (Wildman–Crippen MR) is 51.6 cm³/mol. The Kier molecular flexibility index (Phi) is 4.08. The molecule has 5 heteroatoms. The van der Waals surface area contributed by atoms with Gasteiger partial charge in [0.2, 0.25) is 5.91 Å². The van der Waals surface area contributed by atoms with E-state index in [-0.39, 0.29) is 5.91 Å². The summed E-state index contributed by atoms with van der Waals surface area (Å²) in [5.41, 5.74) is 0. The highest BCUT2D eigenvalue weighted by Gasteiger charge is 2.05. The first-order chi connectivity index (χ1) is 6.33. The number of carbonyl (C=O) groups is 1. The molecule has 0 spiro atoms. The molecule has 5 nitrogen and oxygen atoms in total. The Balaban J connectivity index is 2.07. The zero-order valence-corrected chi connectivity index (χ0v) is 7.89. The summed E-state index contributed by atoms with van der Waals surface area (Å²) in [7, 11) is 0. The summed E-state index contributed by atoms with van der Waals surface area (Å²) < 4.78 is 0. The first-order valence-corrected chi connectivity index (χ1v) is 4.62. The number of nitrogens with one attached hydrogen (secondary N) is 3. The minimum absolute atomic E-state index is 0.0123. The number of nitrogens with zero attached hydrogens (tertiary/aromatic N) is 1. The average Bonchev–Trinajstić information content (AvgIpc) is 2.64. The molecular formula is C8H16N4O. The number of rotatable bonds is 4. The zero-order valence-electron chi connectivity index (χ0n) is 7.89. The Hall–Kier alpha value is -1.26. The minimum atomic E-state index is 0.0123. The third-order valence-electron chi connectivity index (χ3n) is 1.66. The van der Waals surface area contributed by atoms with Crippen LogP contribution in [0.3, 0.4) is 0 Å². The van der Waals surface area contributed by atoms with E-state index in [0.717, 1.165) is 32.0 Å². The maximum atomic E-state index is 11.1. The van der Waals surface area contributed by atoms with E-state index in [9.17, 15) is 4.79 Å². The van der Waals surface area contributed by atoms with E-state index in [1.165, 1.54) is 0 Å². The Labute approximate surface area is 78.0 Å². The second-order valence-corrected chi connectivity index (χ2v) is 2.86. The summed E-state index contributed by atoms with van der Waals surface area (Å²) in [5, 5.41) is 8.72. The van der Waals surface area contributed by atoms with E-state index >= 15 is 0 Å². The van der Waals surface area contributed by atoms with Crippen LogP contribution >= 0.6 is 0 Å². The van der Waals surface area contributed by atoms with Gasteiger partial charge in [-0.25, -0.2) is 0 Å². The molecule has 0 aromatic heterocycles. The van der Waals surface area contributed by atoms with Crippen molar-refractivity contribution in [2.45, 2.75) is 13.3 Å². The molecule has 1 aliphatic rings. The fourth-order valence-corrected chi connectivity index (χ4v) is 1.01. The molecule has 0 saturated heterocycles. The summed E-state index contributed by atoms with van der Waals surface area (Å²) >= 11 is 0. The smallest absolute Gasteiger partial charge is 0.239 e. The van der Waals surface area contributed by atoms with E-state index in [4.69, 9.17) is 0 Å². The lowest BCUT2D eigenvalue weighted by Crippen LogP contribution is -2.41. The molecule has 0 unspecified atom stereocenters. The van der Waals surface area contributed by atoms with E-state index in [1.807, 2.05) is 6.92 Å². The van der Waals surface area contributed by atoms with Crippen LogP contribution in [0.1, 0.15) is 13.3 Å². The Morgan fingerprint density at radius 3 is 3.15 bits per heavy atom. The van der Waals surface area contributed by atoms with Crippen LogP contribution in [0, 0.1) is 0 Å². The van der Waals surface area contributed by atoms with Gasteiger partial charge in [0.15, 0.2) is 5.96 Å². The van der Waals surface area contributed by atoms with Gasteiger partial charge in [-0.1, -0.05) is 6.92 Å². The van der Waals surface area contributed by atoms with Gasteiger partial charge in [0.1, 0.15) is 0 Å². The van der Waals surface area contributed by atoms with Crippen molar-refractivity contribution >= 4 is 11.9 Å². The normalized spacial score (nSPS) is 14.7. The van der Waals surface area contributed by atoms with Crippen molar-refractivity contribution in [2.75, 3.05) is 26.2 Å². The minimum Gasteiger partial charge on any atom is -0.355 e. The highest BCUT2D eigenvalue weighted by atomic mass is 16.1. The molecule has 0 saturated carbocycles. The number of carbonyl (C=O) groups excluding carboxylic acids is 1. The Morgan fingerprint density at radius 1 is 1.69 bits per heavy atom. The molecule has 0 radical (unpaired) electrons. The Morgan fingerprint density at radius 2 is 2.54 bits per heavy atom. The molecule has 0 fully saturated rings. The molecular weight excluding hydrogens is 168 g/mol. The van der Waals surface area contributed by atoms with Crippen LogP contribution in [0.2, 0.25) is 0 Å². The second kappa shape index (κ2) is 5.40. The zero-order chi connectivity index (χ0) is 9.52. The van der Waals surface area contributed by atoms with E-state index in [1.54, 1.807) is 0 Å². The fourth-order valence-electron chi connectivity index (χ4n) is 1.01. The van der Waals surface area contributed by atoms with Crippen LogP contribution in [-0.4, -0.2) is 38.0 Å². The van der Waals surface area contributed by atoms with Crippen molar-refractivity contribution < 1.29 is 4.79 Å². The number of hydrogen-bond donors (Lipinski definition) is 3. The number of aliphatic imine (C=N–C) groups is 1. The Bertz CT molecular complexity index is 202. The molecule has 1 rings (SSSR count). The first-order valence-electron chi connectivity index (χ1n) is 4.62. The second-order valence-electron chi connectivity index (χ2n) is 2.86. The summed E-state index contributed by atoms with van der Waals surface area (Å²) in [6, 6.07) is 0. The van der Waals surface area contributed by atoms with Crippen LogP contribution < -0.4 is 16.0 Å². The van der Waals surface area contributed by atoms with Crippen molar-refractivity contribution in [3.8, 4) is 0 Å². The summed E-state index contributed by atoms with van der Waals surface area (Å²) in [6.45, 7) is 4.71. The van der Waals surface area contributed by atoms with Crippen LogP contribution in [0.5, 0.6) is 0 Å². The summed E-state index contributed by atoms with van der Waals surface area (Å²) in [6.07, 6.45) is 0.963. The lowest BCUT2D eigenvalue weighted by atomic mass is 10.4. The molecule has 0 aliphatic carbocycles. The quantitative estimate of drug-likeness (QED) is 0.528. The first kappa shape index (κ1) is 9.83. The summed E-state index contributed by atoms with van der Waals surface area (Å²) in [5.74, 6) is 0.741. The van der Waals surface area contributed by atoms with Crippen molar-refractivity contribution in [3.05, 3.63) is 0 Å². The number of amides is 1. The molecule has 0 atom stereocenters. The topological polar surface area (TPSA) is 65.5 Å². The van der Waals surface area contributed by atoms with Gasteiger partial charge in [0, 0.05) is 13.1 Å². The maximum Gasteiger partial charge on any atom is 0.239 e. The monoisotopic (exact) mass is 184 g/mol. The molecule has 13 heavy (non-hydrogen) atoms. The molecule has 3 N–H and O–H groups in total. The molecule has 1 amide bonds. The number of hydrogen-bond acceptors (Lipinski definition) is 4. The third-order valence-corrected chi connectivity index (χ3v) is 1.66. The van der Waals surface area contributed by atoms with Gasteiger partial charge >= 0.3 is 0 Å². The van der Waals surface area contributed by atoms with Crippen LogP contribution in [0.15, 0.2) is 4.99 Å². The fraction of sp³-hybridized carbons (Fsp3) is 0.750. The van der Waals surface area contributed by atoms with E-state index in [0.29, 0.717) is 6.54 Å². The van der Waals surface area contributed by atoms with Gasteiger partial charge < -0.3 is 16.0 Å². The lowest BCUT2D eigenvalue weighted by molar-refractivity contribution is -0.120. The molecule has 74 valence electrons. The molecule has 1 aliphatic heterocycles. The van der Waals surface area contributed by atoms with Crippen molar-refractivity contribution in [2.24, 2.45) is 4.99 Å². The highest BCUT2D eigenvalue weighted by molar-refractivity contribution is 5.87. The van der Waals surface area contributed by atoms with Crippen molar-refractivity contribution in [1.82, 2.24) is 16.0 Å².